The van der Waals surface area contributed by atoms with Crippen LogP contribution in [0.4, 0.5) is 22.9 Å². The summed E-state index contributed by atoms with van der Waals surface area (Å²) < 4.78 is 22.2. The molecular formula is C25H23N7O2. The van der Waals surface area contributed by atoms with Gasteiger partial charge in [0.15, 0.2) is 0 Å². The number of para-hydroxylation sites is 1. The van der Waals surface area contributed by atoms with Crippen molar-refractivity contribution >= 4 is 34.7 Å². The minimum absolute atomic E-state index is 0.00815. The van der Waals surface area contributed by atoms with Crippen LogP contribution in [0.5, 0.6) is 0 Å². The second-order valence-electron chi connectivity index (χ2n) is 8.36. The minimum atomic E-state index is -2.68. The number of aromatic nitrogens is 2. The predicted octanol–water partition coefficient (Wildman–Crippen LogP) is 3.42. The molecule has 1 fully saturated rings. The fourth-order valence-corrected chi connectivity index (χ4v) is 4.11. The number of hydrogen-bond donors (Lipinski definition) is 3. The van der Waals surface area contributed by atoms with E-state index in [1.165, 1.54) is 18.5 Å². The van der Waals surface area contributed by atoms with E-state index in [2.05, 4.69) is 26.7 Å². The Morgan fingerprint density at radius 2 is 2.06 bits per heavy atom. The first-order valence-corrected chi connectivity index (χ1v) is 10.8. The number of nitriles is 1. The second kappa shape index (κ2) is 8.48. The molecule has 1 aliphatic carbocycles. The fourth-order valence-electron chi connectivity index (χ4n) is 4.11. The molecule has 5 rings (SSSR count). The van der Waals surface area contributed by atoms with Crippen molar-refractivity contribution in [1.82, 2.24) is 15.3 Å². The molecule has 3 aromatic rings. The first-order valence-electron chi connectivity index (χ1n) is 12.3. The number of nitrogens with one attached hydrogen (secondary N) is 3. The van der Waals surface area contributed by atoms with Crippen LogP contribution in [-0.4, -0.2) is 35.8 Å². The molecule has 0 bridgehead atoms. The highest BCUT2D eigenvalue weighted by molar-refractivity contribution is 6.02. The van der Waals surface area contributed by atoms with Crippen LogP contribution >= 0.6 is 0 Å². The lowest BCUT2D eigenvalue weighted by Gasteiger charge is -2.31. The molecule has 2 aliphatic rings. The minimum Gasteiger partial charge on any atom is -0.368 e. The smallest absolute Gasteiger partial charge is 0.254 e. The maximum atomic E-state index is 12.8. The van der Waals surface area contributed by atoms with Crippen LogP contribution in [0.1, 0.15) is 38.4 Å². The summed E-state index contributed by atoms with van der Waals surface area (Å²) in [7, 11) is 1.90. The van der Waals surface area contributed by atoms with Crippen LogP contribution in [0.2, 0.25) is 0 Å². The molecule has 0 unspecified atom stereocenters. The highest BCUT2D eigenvalue weighted by atomic mass is 16.2. The Balaban J connectivity index is 1.55. The molecule has 9 heteroatoms. The van der Waals surface area contributed by atoms with Crippen molar-refractivity contribution < 1.29 is 13.7 Å². The molecule has 170 valence electrons. The number of hydrogen-bond acceptors (Lipinski definition) is 7. The van der Waals surface area contributed by atoms with Gasteiger partial charge in [0.1, 0.15) is 11.9 Å². The predicted molar refractivity (Wildman–Crippen MR) is 129 cm³/mol. The third-order valence-electron chi connectivity index (χ3n) is 5.91. The number of carbonyl (C=O) groups is 2. The summed E-state index contributed by atoms with van der Waals surface area (Å²) in [6.45, 7) is -2.17. The van der Waals surface area contributed by atoms with Gasteiger partial charge in [-0.15, -0.1) is 0 Å². The molecule has 3 N–H and O–H groups in total. The fraction of sp³-hybridized carbons (Fsp3) is 0.240. The molecular weight excluding hydrogens is 430 g/mol. The Morgan fingerprint density at radius 1 is 1.21 bits per heavy atom. The normalized spacial score (nSPS) is 15.5. The Hall–Kier alpha value is -4.45. The molecule has 0 spiro atoms. The van der Waals surface area contributed by atoms with Crippen LogP contribution < -0.4 is 20.9 Å². The number of amides is 2. The van der Waals surface area contributed by atoms with Crippen molar-refractivity contribution in [3.05, 3.63) is 59.4 Å². The Bertz CT molecular complexity index is 1460. The lowest BCUT2D eigenvalue weighted by molar-refractivity contribution is -0.117. The molecule has 2 aromatic heterocycles. The van der Waals surface area contributed by atoms with E-state index in [9.17, 15) is 14.9 Å². The lowest BCUT2D eigenvalue weighted by atomic mass is 9.96. The lowest BCUT2D eigenvalue weighted by Crippen LogP contribution is -2.24. The van der Waals surface area contributed by atoms with Crippen LogP contribution in [0.15, 0.2) is 42.7 Å². The number of rotatable bonds is 5. The molecule has 9 nitrogen and oxygen atoms in total. The zero-order valence-electron chi connectivity index (χ0n) is 21.3. The molecule has 0 saturated heterocycles. The summed E-state index contributed by atoms with van der Waals surface area (Å²) in [5.74, 6) is -0.765. The summed E-state index contributed by atoms with van der Waals surface area (Å²) in [5.41, 5.74) is 4.73. The largest absolute Gasteiger partial charge is 0.368 e. The Kier molecular flexibility index (Phi) is 4.50. The van der Waals surface area contributed by atoms with Gasteiger partial charge in [-0.25, -0.2) is 4.98 Å². The summed E-state index contributed by atoms with van der Waals surface area (Å²) in [6.07, 6.45) is 4.42. The highest BCUT2D eigenvalue weighted by Crippen LogP contribution is 2.43. The monoisotopic (exact) mass is 456 g/mol. The van der Waals surface area contributed by atoms with Gasteiger partial charge in [0.2, 0.25) is 5.91 Å². The maximum Gasteiger partial charge on any atom is 0.254 e. The molecule has 0 radical (unpaired) electrons. The first-order chi connectivity index (χ1) is 17.6. The average Bonchev–Trinajstić information content (AvgIpc) is 3.68. The second-order valence-corrected chi connectivity index (χ2v) is 8.36. The van der Waals surface area contributed by atoms with Crippen molar-refractivity contribution in [3.8, 4) is 17.3 Å². The number of carbonyl (C=O) groups excluding carboxylic acids is 2. The SMILES string of the molecule is [2H]C([2H])([2H])NC(=O)c1cnc(NC(=O)C2CC2)cc1Nc1cccc2c1N(C)Cc1cc(C#N)cnc1-2. The molecule has 1 saturated carbocycles. The Labute approximate surface area is 201 Å². The number of benzene rings is 1. The van der Waals surface area contributed by atoms with Gasteiger partial charge in [-0.1, -0.05) is 12.1 Å². The van der Waals surface area contributed by atoms with Gasteiger partial charge < -0.3 is 20.9 Å². The van der Waals surface area contributed by atoms with E-state index < -0.39 is 12.9 Å². The Morgan fingerprint density at radius 3 is 2.82 bits per heavy atom. The van der Waals surface area contributed by atoms with E-state index in [0.717, 1.165) is 35.3 Å². The zero-order valence-corrected chi connectivity index (χ0v) is 18.3. The van der Waals surface area contributed by atoms with E-state index >= 15 is 0 Å². The summed E-state index contributed by atoms with van der Waals surface area (Å²) in [6, 6.07) is 11.0. The number of nitrogens with zero attached hydrogens (tertiary/aromatic N) is 4. The molecule has 1 aliphatic heterocycles. The van der Waals surface area contributed by atoms with Crippen LogP contribution in [0.3, 0.4) is 0 Å². The van der Waals surface area contributed by atoms with Crippen LogP contribution in [0.25, 0.3) is 11.3 Å². The van der Waals surface area contributed by atoms with E-state index in [1.807, 2.05) is 41.5 Å². The third-order valence-corrected chi connectivity index (χ3v) is 5.91. The van der Waals surface area contributed by atoms with E-state index in [4.69, 9.17) is 4.11 Å². The first kappa shape index (κ1) is 18.0. The third kappa shape index (κ3) is 3.90. The van der Waals surface area contributed by atoms with Crippen LogP contribution in [0, 0.1) is 17.2 Å². The van der Waals surface area contributed by atoms with E-state index in [-0.39, 0.29) is 28.9 Å². The van der Waals surface area contributed by atoms with Gasteiger partial charge in [0.25, 0.3) is 5.91 Å². The summed E-state index contributed by atoms with van der Waals surface area (Å²) in [4.78, 5) is 35.8. The van der Waals surface area contributed by atoms with Gasteiger partial charge in [-0.3, -0.25) is 14.6 Å². The van der Waals surface area contributed by atoms with Gasteiger partial charge in [0.05, 0.1) is 33.9 Å². The molecule has 1 aromatic carbocycles. The molecule has 2 amide bonds. The van der Waals surface area contributed by atoms with Crippen molar-refractivity contribution in [2.75, 3.05) is 29.6 Å². The summed E-state index contributed by atoms with van der Waals surface area (Å²) >= 11 is 0. The quantitative estimate of drug-likeness (QED) is 0.537. The number of anilines is 4. The maximum absolute atomic E-state index is 12.8. The highest BCUT2D eigenvalue weighted by Gasteiger charge is 2.30. The van der Waals surface area contributed by atoms with Crippen molar-refractivity contribution in [2.45, 2.75) is 19.4 Å². The van der Waals surface area contributed by atoms with E-state index in [1.54, 1.807) is 0 Å². The zero-order chi connectivity index (χ0) is 26.3. The van der Waals surface area contributed by atoms with Gasteiger partial charge in [-0.05, 0) is 30.5 Å². The van der Waals surface area contributed by atoms with Gasteiger partial charge in [-0.2, -0.15) is 5.26 Å². The number of fused-ring (bicyclic) bond motifs is 3. The average molecular weight is 457 g/mol. The molecule has 34 heavy (non-hydrogen) atoms. The van der Waals surface area contributed by atoms with E-state index in [0.29, 0.717) is 17.8 Å². The standard InChI is InChI=1S/C25H23N7O2/c1-27-25(34)18-12-28-21(31-24(33)15-6-7-15)9-20(18)30-19-5-3-4-17-22-16(13-32(2)23(17)19)8-14(10-26)11-29-22/h3-5,8-9,11-12,15H,6-7,13H2,1-2H3,(H,27,34)(H2,28,30,31,33)/i1D3. The molecule has 0 atom stereocenters. The summed E-state index contributed by atoms with van der Waals surface area (Å²) in [5, 5.41) is 17.3. The van der Waals surface area contributed by atoms with Crippen molar-refractivity contribution in [1.29, 1.82) is 5.26 Å². The van der Waals surface area contributed by atoms with Gasteiger partial charge in [0, 0.05) is 54.6 Å². The molecule has 3 heterocycles. The van der Waals surface area contributed by atoms with Crippen LogP contribution in [-0.2, 0) is 11.3 Å². The topological polar surface area (TPSA) is 123 Å². The van der Waals surface area contributed by atoms with Crippen molar-refractivity contribution in [2.24, 2.45) is 5.92 Å². The van der Waals surface area contributed by atoms with Gasteiger partial charge >= 0.3 is 0 Å². The van der Waals surface area contributed by atoms with Crippen molar-refractivity contribution in [3.63, 3.8) is 0 Å². The number of pyridine rings is 2.